The lowest BCUT2D eigenvalue weighted by Crippen LogP contribution is -2.51. The molecule has 0 amide bonds. The summed E-state index contributed by atoms with van der Waals surface area (Å²) in [6, 6.07) is 19.8. The van der Waals surface area contributed by atoms with Gasteiger partial charge in [0.25, 0.3) is 0 Å². The van der Waals surface area contributed by atoms with Gasteiger partial charge in [-0.2, -0.15) is 0 Å². The molecular weight excluding hydrogens is 574 g/mol. The predicted octanol–water partition coefficient (Wildman–Crippen LogP) is 8.25. The summed E-state index contributed by atoms with van der Waals surface area (Å²) >= 11 is 1.58. The number of hydrogen-bond acceptors (Lipinski definition) is 6. The van der Waals surface area contributed by atoms with Gasteiger partial charge in [-0.3, -0.25) is 0 Å². The van der Waals surface area contributed by atoms with Crippen LogP contribution in [-0.4, -0.2) is 33.8 Å². The van der Waals surface area contributed by atoms with Crippen LogP contribution in [0.15, 0.2) is 73.1 Å². The number of halogens is 2. The molecule has 5 aromatic rings. The van der Waals surface area contributed by atoms with Gasteiger partial charge in [0.2, 0.25) is 0 Å². The molecule has 3 aromatic carbocycles. The first-order valence-electron chi connectivity index (χ1n) is 15.5. The first-order valence-corrected chi connectivity index (χ1v) is 16.3. The molecule has 1 saturated carbocycles. The molecule has 0 aliphatic heterocycles. The van der Waals surface area contributed by atoms with Crippen LogP contribution in [0.1, 0.15) is 69.6 Å². The fourth-order valence-electron chi connectivity index (χ4n) is 6.52. The van der Waals surface area contributed by atoms with Crippen molar-refractivity contribution in [1.29, 1.82) is 0 Å². The molecule has 5 nitrogen and oxygen atoms in total. The van der Waals surface area contributed by atoms with Crippen molar-refractivity contribution >= 4 is 37.5 Å². The number of benzene rings is 3. The van der Waals surface area contributed by atoms with Crippen molar-refractivity contribution < 1.29 is 13.9 Å². The number of hydrogen-bond donors (Lipinski definition) is 3. The minimum absolute atomic E-state index is 0.0239. The van der Waals surface area contributed by atoms with E-state index in [0.717, 1.165) is 52.1 Å². The Bertz CT molecular complexity index is 1740. The topological polar surface area (TPSA) is 70.1 Å². The smallest absolute Gasteiger partial charge is 0.147 e. The SMILES string of the molecule is CC(C)(C)c1cccc(C2(NCC(O)C(Cc3cc(F)cc(F)c3)Nc3ncnc4c3sc3ccccc34)CCCCC2)c1. The van der Waals surface area contributed by atoms with E-state index in [4.69, 9.17) is 0 Å². The van der Waals surface area contributed by atoms with Crippen molar-refractivity contribution in [3.05, 3.63) is 101 Å². The van der Waals surface area contributed by atoms with E-state index in [0.29, 0.717) is 17.9 Å². The standard InChI is InChI=1S/C36H40F2N4OS/c1-35(2,3)24-10-9-11-25(19-24)36(14-7-4-8-15-36)41-21-30(43)29(18-23-16-26(37)20-27(38)17-23)42-34-33-32(39-22-40-34)28-12-5-6-13-31(28)44-33/h5-6,9-13,16-17,19-20,22,29-30,41,43H,4,7-8,14-15,18,21H2,1-3H3,(H,39,40,42). The summed E-state index contributed by atoms with van der Waals surface area (Å²) in [7, 11) is 0. The largest absolute Gasteiger partial charge is 0.390 e. The lowest BCUT2D eigenvalue weighted by atomic mass is 9.74. The third-order valence-electron chi connectivity index (χ3n) is 8.96. The molecule has 0 bridgehead atoms. The Hall–Kier alpha value is -3.46. The summed E-state index contributed by atoms with van der Waals surface area (Å²) < 4.78 is 30.4. The number of nitrogens with zero attached hydrogens (tertiary/aromatic N) is 2. The Balaban J connectivity index is 1.31. The van der Waals surface area contributed by atoms with Crippen molar-refractivity contribution in [1.82, 2.24) is 15.3 Å². The van der Waals surface area contributed by atoms with Crippen LogP contribution < -0.4 is 10.6 Å². The summed E-state index contributed by atoms with van der Waals surface area (Å²) in [5.41, 5.74) is 3.60. The summed E-state index contributed by atoms with van der Waals surface area (Å²) in [5, 5.41) is 20.1. The van der Waals surface area contributed by atoms with E-state index >= 15 is 0 Å². The maximum Gasteiger partial charge on any atom is 0.147 e. The lowest BCUT2D eigenvalue weighted by molar-refractivity contribution is 0.122. The number of aromatic nitrogens is 2. The Labute approximate surface area is 261 Å². The summed E-state index contributed by atoms with van der Waals surface area (Å²) in [6.07, 6.45) is 6.22. The molecule has 8 heteroatoms. The van der Waals surface area contributed by atoms with E-state index in [1.165, 1.54) is 36.0 Å². The van der Waals surface area contributed by atoms with E-state index in [1.807, 2.05) is 18.2 Å². The Morgan fingerprint density at radius 2 is 1.68 bits per heavy atom. The Kier molecular flexibility index (Phi) is 8.68. The van der Waals surface area contributed by atoms with E-state index < -0.39 is 23.8 Å². The zero-order valence-corrected chi connectivity index (χ0v) is 26.4. The van der Waals surface area contributed by atoms with Crippen LogP contribution in [-0.2, 0) is 17.4 Å². The summed E-state index contributed by atoms with van der Waals surface area (Å²) in [5.74, 6) is -0.678. The molecule has 0 radical (unpaired) electrons. The Morgan fingerprint density at radius 3 is 2.43 bits per heavy atom. The monoisotopic (exact) mass is 614 g/mol. The summed E-state index contributed by atoms with van der Waals surface area (Å²) in [4.78, 5) is 9.09. The molecule has 2 heterocycles. The van der Waals surface area contributed by atoms with Gasteiger partial charge in [0.15, 0.2) is 0 Å². The molecule has 0 saturated heterocycles. The number of anilines is 1. The minimum atomic E-state index is -0.884. The molecular formula is C36H40F2N4OS. The zero-order valence-electron chi connectivity index (χ0n) is 25.5. The molecule has 1 aliphatic carbocycles. The van der Waals surface area contributed by atoms with Crippen molar-refractivity contribution in [2.24, 2.45) is 0 Å². The van der Waals surface area contributed by atoms with Gasteiger partial charge in [-0.15, -0.1) is 11.3 Å². The van der Waals surface area contributed by atoms with Crippen LogP contribution in [0.25, 0.3) is 20.3 Å². The molecule has 0 spiro atoms. The maximum atomic E-state index is 14.2. The van der Waals surface area contributed by atoms with Gasteiger partial charge >= 0.3 is 0 Å². The highest BCUT2D eigenvalue weighted by molar-refractivity contribution is 7.26. The maximum absolute atomic E-state index is 14.2. The van der Waals surface area contributed by atoms with Gasteiger partial charge in [0, 0.05) is 28.2 Å². The number of nitrogens with one attached hydrogen (secondary N) is 2. The fourth-order valence-corrected chi connectivity index (χ4v) is 7.63. The number of rotatable bonds is 9. The Morgan fingerprint density at radius 1 is 0.932 bits per heavy atom. The molecule has 2 atom stereocenters. The number of aliphatic hydroxyl groups is 1. The van der Waals surface area contributed by atoms with Crippen LogP contribution in [0.5, 0.6) is 0 Å². The first-order chi connectivity index (χ1) is 21.1. The highest BCUT2D eigenvalue weighted by Gasteiger charge is 2.35. The van der Waals surface area contributed by atoms with E-state index in [1.54, 1.807) is 11.3 Å². The molecule has 3 N–H and O–H groups in total. The average Bonchev–Trinajstić information content (AvgIpc) is 3.39. The van der Waals surface area contributed by atoms with Gasteiger partial charge in [0.1, 0.15) is 23.8 Å². The average molecular weight is 615 g/mol. The second-order valence-corrected chi connectivity index (χ2v) is 14.2. The number of thiophene rings is 1. The summed E-state index contributed by atoms with van der Waals surface area (Å²) in [6.45, 7) is 6.98. The highest BCUT2D eigenvalue weighted by atomic mass is 32.1. The number of fused-ring (bicyclic) bond motifs is 3. The third-order valence-corrected chi connectivity index (χ3v) is 10.1. The van der Waals surface area contributed by atoms with Gasteiger partial charge in [-0.25, -0.2) is 18.7 Å². The molecule has 230 valence electrons. The first kappa shape index (κ1) is 30.6. The fraction of sp³-hybridized carbons (Fsp3) is 0.389. The minimum Gasteiger partial charge on any atom is -0.390 e. The molecule has 2 unspecified atom stereocenters. The van der Waals surface area contributed by atoms with Gasteiger partial charge in [-0.1, -0.05) is 82.5 Å². The molecule has 6 rings (SSSR count). The van der Waals surface area contributed by atoms with Crippen molar-refractivity contribution in [2.45, 2.75) is 82.4 Å². The van der Waals surface area contributed by atoms with E-state index in [9.17, 15) is 13.9 Å². The molecule has 1 fully saturated rings. The van der Waals surface area contributed by atoms with Crippen molar-refractivity contribution in [2.75, 3.05) is 11.9 Å². The second-order valence-electron chi connectivity index (χ2n) is 13.2. The molecule has 2 aromatic heterocycles. The van der Waals surface area contributed by atoms with Crippen LogP contribution in [0.2, 0.25) is 0 Å². The zero-order chi connectivity index (χ0) is 30.9. The quantitative estimate of drug-likeness (QED) is 0.156. The molecule has 1 aliphatic rings. The highest BCUT2D eigenvalue weighted by Crippen LogP contribution is 2.39. The van der Waals surface area contributed by atoms with Crippen LogP contribution in [0.4, 0.5) is 14.6 Å². The second kappa shape index (κ2) is 12.5. The predicted molar refractivity (Wildman–Crippen MR) is 176 cm³/mol. The van der Waals surface area contributed by atoms with E-state index in [2.05, 4.69) is 71.7 Å². The third kappa shape index (κ3) is 6.48. The van der Waals surface area contributed by atoms with Crippen LogP contribution >= 0.6 is 11.3 Å². The van der Waals surface area contributed by atoms with Crippen molar-refractivity contribution in [3.8, 4) is 0 Å². The number of aliphatic hydroxyl groups excluding tert-OH is 1. The van der Waals surface area contributed by atoms with Gasteiger partial charge in [0.05, 0.1) is 22.4 Å². The molecule has 44 heavy (non-hydrogen) atoms. The van der Waals surface area contributed by atoms with Crippen LogP contribution in [0.3, 0.4) is 0 Å². The van der Waals surface area contributed by atoms with Crippen LogP contribution in [0, 0.1) is 11.6 Å². The van der Waals surface area contributed by atoms with E-state index in [-0.39, 0.29) is 17.4 Å². The van der Waals surface area contributed by atoms with Gasteiger partial charge < -0.3 is 15.7 Å². The van der Waals surface area contributed by atoms with Crippen molar-refractivity contribution in [3.63, 3.8) is 0 Å². The normalized spacial score (nSPS) is 16.7. The lowest BCUT2D eigenvalue weighted by Gasteiger charge is -2.41. The van der Waals surface area contributed by atoms with Gasteiger partial charge in [-0.05, 0) is 59.6 Å².